The second kappa shape index (κ2) is 8.14. The van der Waals surface area contributed by atoms with Crippen molar-refractivity contribution in [3.8, 4) is 11.5 Å². The molecule has 1 heterocycles. The Morgan fingerprint density at radius 2 is 1.55 bits per heavy atom. The standard InChI is InChI=1S/C21H15ClN2O4S/c22-15-3-9-18(10-4-15)28-19-11-7-16(8-12-19)23-20(25)13-29-21(23)14-1-5-17(6-2-14)24(26)27/h1-12,21H,13H2. The van der Waals surface area contributed by atoms with E-state index in [1.807, 2.05) is 12.1 Å². The number of non-ortho nitro benzene ring substituents is 1. The Labute approximate surface area is 176 Å². The predicted molar refractivity (Wildman–Crippen MR) is 114 cm³/mol. The molecule has 0 bridgehead atoms. The highest BCUT2D eigenvalue weighted by Crippen LogP contribution is 2.42. The summed E-state index contributed by atoms with van der Waals surface area (Å²) < 4.78 is 5.79. The number of amides is 1. The van der Waals surface area contributed by atoms with Crippen LogP contribution in [0.15, 0.2) is 72.8 Å². The first-order valence-electron chi connectivity index (χ1n) is 8.73. The van der Waals surface area contributed by atoms with Crippen LogP contribution in [0.25, 0.3) is 0 Å². The number of carbonyl (C=O) groups is 1. The van der Waals surface area contributed by atoms with Crippen molar-refractivity contribution >= 4 is 40.6 Å². The molecule has 1 fully saturated rings. The van der Waals surface area contributed by atoms with Gasteiger partial charge in [0, 0.05) is 22.8 Å². The fraction of sp³-hybridized carbons (Fsp3) is 0.0952. The number of ether oxygens (including phenoxy) is 1. The van der Waals surface area contributed by atoms with E-state index in [1.165, 1.54) is 23.9 Å². The first kappa shape index (κ1) is 19.3. The number of nitro benzene ring substituents is 1. The molecule has 146 valence electrons. The second-order valence-corrected chi connectivity index (χ2v) is 7.83. The van der Waals surface area contributed by atoms with Gasteiger partial charge in [-0.2, -0.15) is 0 Å². The largest absolute Gasteiger partial charge is 0.457 e. The van der Waals surface area contributed by atoms with E-state index in [9.17, 15) is 14.9 Å². The summed E-state index contributed by atoms with van der Waals surface area (Å²) in [5.41, 5.74) is 1.61. The first-order chi connectivity index (χ1) is 14.0. The molecule has 1 unspecified atom stereocenters. The van der Waals surface area contributed by atoms with Crippen molar-refractivity contribution < 1.29 is 14.5 Å². The number of rotatable bonds is 5. The van der Waals surface area contributed by atoms with Crippen LogP contribution in [0, 0.1) is 10.1 Å². The summed E-state index contributed by atoms with van der Waals surface area (Å²) in [7, 11) is 0. The minimum Gasteiger partial charge on any atom is -0.457 e. The van der Waals surface area contributed by atoms with Crippen molar-refractivity contribution in [3.05, 3.63) is 93.5 Å². The van der Waals surface area contributed by atoms with Crippen molar-refractivity contribution in [2.75, 3.05) is 10.7 Å². The number of halogens is 1. The first-order valence-corrected chi connectivity index (χ1v) is 10.2. The molecule has 1 aliphatic heterocycles. The Bertz CT molecular complexity index is 1040. The molecule has 0 aromatic heterocycles. The van der Waals surface area contributed by atoms with Gasteiger partial charge < -0.3 is 4.74 Å². The third-order valence-corrected chi connectivity index (χ3v) is 5.89. The lowest BCUT2D eigenvalue weighted by Gasteiger charge is -2.24. The van der Waals surface area contributed by atoms with Gasteiger partial charge in [-0.15, -0.1) is 11.8 Å². The molecule has 0 N–H and O–H groups in total. The van der Waals surface area contributed by atoms with Gasteiger partial charge in [0.25, 0.3) is 5.69 Å². The minimum atomic E-state index is -0.437. The van der Waals surface area contributed by atoms with Crippen LogP contribution in [0.5, 0.6) is 11.5 Å². The predicted octanol–water partition coefficient (Wildman–Crippen LogP) is 5.82. The van der Waals surface area contributed by atoms with Gasteiger partial charge in [-0.05, 0) is 66.2 Å². The maximum Gasteiger partial charge on any atom is 0.269 e. The maximum absolute atomic E-state index is 12.5. The number of nitro groups is 1. The summed E-state index contributed by atoms with van der Waals surface area (Å²) in [6, 6.07) is 20.6. The minimum absolute atomic E-state index is 0.00952. The maximum atomic E-state index is 12.5. The third-order valence-electron chi connectivity index (χ3n) is 4.42. The van der Waals surface area contributed by atoms with Crippen LogP contribution < -0.4 is 9.64 Å². The van der Waals surface area contributed by atoms with E-state index in [4.69, 9.17) is 16.3 Å². The summed E-state index contributed by atoms with van der Waals surface area (Å²) in [4.78, 5) is 24.6. The highest BCUT2D eigenvalue weighted by atomic mass is 35.5. The van der Waals surface area contributed by atoms with Gasteiger partial charge in [-0.25, -0.2) is 0 Å². The molecule has 8 heteroatoms. The molecule has 3 aromatic rings. The molecule has 0 spiro atoms. The SMILES string of the molecule is O=C1CSC(c2ccc([N+](=O)[O-])cc2)N1c1ccc(Oc2ccc(Cl)cc2)cc1. The van der Waals surface area contributed by atoms with Crippen molar-refractivity contribution in [3.63, 3.8) is 0 Å². The molecule has 1 aliphatic rings. The van der Waals surface area contributed by atoms with E-state index in [0.717, 1.165) is 11.3 Å². The molecule has 1 atom stereocenters. The smallest absolute Gasteiger partial charge is 0.269 e. The number of nitrogens with zero attached hydrogens (tertiary/aromatic N) is 2. The molecule has 0 saturated carbocycles. The normalized spacial score (nSPS) is 16.1. The van der Waals surface area contributed by atoms with Crippen LogP contribution in [0.3, 0.4) is 0 Å². The van der Waals surface area contributed by atoms with Crippen LogP contribution in [-0.2, 0) is 4.79 Å². The summed E-state index contributed by atoms with van der Waals surface area (Å²) in [6.45, 7) is 0. The molecule has 1 saturated heterocycles. The van der Waals surface area contributed by atoms with Gasteiger partial charge in [0.2, 0.25) is 5.91 Å². The van der Waals surface area contributed by atoms with Crippen LogP contribution in [0.2, 0.25) is 5.02 Å². The number of benzene rings is 3. The molecule has 3 aromatic carbocycles. The lowest BCUT2D eigenvalue weighted by atomic mass is 10.1. The van der Waals surface area contributed by atoms with Crippen LogP contribution in [0.1, 0.15) is 10.9 Å². The van der Waals surface area contributed by atoms with E-state index in [-0.39, 0.29) is 17.0 Å². The summed E-state index contributed by atoms with van der Waals surface area (Å²) in [5, 5.41) is 11.3. The van der Waals surface area contributed by atoms with E-state index in [2.05, 4.69) is 0 Å². The Balaban J connectivity index is 1.54. The van der Waals surface area contributed by atoms with Crippen LogP contribution >= 0.6 is 23.4 Å². The van der Waals surface area contributed by atoms with Crippen molar-refractivity contribution in [1.29, 1.82) is 0 Å². The second-order valence-electron chi connectivity index (χ2n) is 6.33. The number of thioether (sulfide) groups is 1. The van der Waals surface area contributed by atoms with E-state index in [0.29, 0.717) is 22.3 Å². The Morgan fingerprint density at radius 1 is 0.966 bits per heavy atom. The van der Waals surface area contributed by atoms with Gasteiger partial charge in [-0.1, -0.05) is 11.6 Å². The fourth-order valence-corrected chi connectivity index (χ4v) is 4.33. The van der Waals surface area contributed by atoms with Crippen LogP contribution in [-0.4, -0.2) is 16.6 Å². The van der Waals surface area contributed by atoms with Gasteiger partial charge in [0.1, 0.15) is 16.9 Å². The molecule has 4 rings (SSSR count). The number of hydrogen-bond donors (Lipinski definition) is 0. The number of hydrogen-bond acceptors (Lipinski definition) is 5. The van der Waals surface area contributed by atoms with Gasteiger partial charge >= 0.3 is 0 Å². The summed E-state index contributed by atoms with van der Waals surface area (Å²) in [6.07, 6.45) is 0. The van der Waals surface area contributed by atoms with Crippen molar-refractivity contribution in [1.82, 2.24) is 0 Å². The number of carbonyl (C=O) groups excluding carboxylic acids is 1. The molecular weight excluding hydrogens is 412 g/mol. The molecule has 29 heavy (non-hydrogen) atoms. The Hall–Kier alpha value is -3.03. The molecular formula is C21H15ClN2O4S. The highest BCUT2D eigenvalue weighted by Gasteiger charge is 2.34. The molecule has 0 aliphatic carbocycles. The van der Waals surface area contributed by atoms with Crippen molar-refractivity contribution in [2.45, 2.75) is 5.37 Å². The van der Waals surface area contributed by atoms with E-state index >= 15 is 0 Å². The Morgan fingerprint density at radius 3 is 2.14 bits per heavy atom. The average Bonchev–Trinajstić information content (AvgIpc) is 3.12. The van der Waals surface area contributed by atoms with E-state index < -0.39 is 4.92 Å². The quantitative estimate of drug-likeness (QED) is 0.379. The average molecular weight is 427 g/mol. The zero-order chi connectivity index (χ0) is 20.4. The lowest BCUT2D eigenvalue weighted by Crippen LogP contribution is -2.27. The topological polar surface area (TPSA) is 72.7 Å². The van der Waals surface area contributed by atoms with Crippen LogP contribution in [0.4, 0.5) is 11.4 Å². The molecule has 1 amide bonds. The van der Waals surface area contributed by atoms with E-state index in [1.54, 1.807) is 53.4 Å². The van der Waals surface area contributed by atoms with Gasteiger partial charge in [-0.3, -0.25) is 19.8 Å². The Kier molecular flexibility index (Phi) is 5.42. The highest BCUT2D eigenvalue weighted by molar-refractivity contribution is 8.00. The van der Waals surface area contributed by atoms with Crippen molar-refractivity contribution in [2.24, 2.45) is 0 Å². The molecule has 0 radical (unpaired) electrons. The monoisotopic (exact) mass is 426 g/mol. The number of anilines is 1. The summed E-state index contributed by atoms with van der Waals surface area (Å²) >= 11 is 7.37. The zero-order valence-electron chi connectivity index (χ0n) is 15.0. The summed E-state index contributed by atoms with van der Waals surface area (Å²) in [5.74, 6) is 1.65. The lowest BCUT2D eigenvalue weighted by molar-refractivity contribution is -0.384. The zero-order valence-corrected chi connectivity index (χ0v) is 16.6. The molecule has 6 nitrogen and oxygen atoms in total. The van der Waals surface area contributed by atoms with Gasteiger partial charge in [0.05, 0.1) is 10.7 Å². The van der Waals surface area contributed by atoms with Gasteiger partial charge in [0.15, 0.2) is 0 Å². The fourth-order valence-electron chi connectivity index (χ4n) is 3.02. The third kappa shape index (κ3) is 4.21.